The molecule has 1 atom stereocenters. The van der Waals surface area contributed by atoms with Crippen LogP contribution in [-0.4, -0.2) is 33.3 Å². The van der Waals surface area contributed by atoms with Crippen molar-refractivity contribution < 1.29 is 9.59 Å². The van der Waals surface area contributed by atoms with E-state index in [0.29, 0.717) is 10.4 Å². The number of rotatable bonds is 3. The van der Waals surface area contributed by atoms with Crippen molar-refractivity contribution in [2.45, 2.75) is 25.8 Å². The summed E-state index contributed by atoms with van der Waals surface area (Å²) < 4.78 is 0. The summed E-state index contributed by atoms with van der Waals surface area (Å²) in [7, 11) is 0. The van der Waals surface area contributed by atoms with Gasteiger partial charge in [0.05, 0.1) is 16.6 Å². The summed E-state index contributed by atoms with van der Waals surface area (Å²) in [6, 6.07) is 3.66. The quantitative estimate of drug-likeness (QED) is 0.883. The van der Waals surface area contributed by atoms with E-state index in [9.17, 15) is 9.59 Å². The third-order valence-electron chi connectivity index (χ3n) is 3.61. The molecule has 0 radical (unpaired) electrons. The number of H-pyrrole nitrogens is 1. The fraction of sp³-hybridized carbons (Fsp3) is 0.357. The van der Waals surface area contributed by atoms with Crippen molar-refractivity contribution in [3.63, 3.8) is 0 Å². The van der Waals surface area contributed by atoms with Crippen LogP contribution in [0, 0.1) is 0 Å². The standard InChI is InChI=1S/C14H15N3O2S/c1-9(18)10-7-13(20-8-10)14(19)17-6-2-3-12(17)11-4-5-15-16-11/h4-5,7-8,12H,2-3,6H2,1H3,(H,15,16)/t12-/m1/s1. The zero-order chi connectivity index (χ0) is 14.1. The molecule has 0 spiro atoms. The van der Waals surface area contributed by atoms with Crippen molar-refractivity contribution in [3.05, 3.63) is 39.8 Å². The molecular formula is C14H15N3O2S. The molecule has 3 rings (SSSR count). The normalized spacial score (nSPS) is 18.4. The summed E-state index contributed by atoms with van der Waals surface area (Å²) in [6.45, 7) is 2.26. The fourth-order valence-corrected chi connectivity index (χ4v) is 3.46. The highest BCUT2D eigenvalue weighted by Crippen LogP contribution is 2.32. The van der Waals surface area contributed by atoms with Gasteiger partial charge in [0.2, 0.25) is 0 Å². The number of nitrogens with zero attached hydrogens (tertiary/aromatic N) is 2. The van der Waals surface area contributed by atoms with Crippen LogP contribution in [0.25, 0.3) is 0 Å². The Morgan fingerprint density at radius 1 is 1.50 bits per heavy atom. The van der Waals surface area contributed by atoms with Crippen molar-refractivity contribution in [1.82, 2.24) is 15.1 Å². The SMILES string of the molecule is CC(=O)c1csc(C(=O)N2CCC[C@@H]2c2ccn[nH]2)c1. The van der Waals surface area contributed by atoms with Crippen LogP contribution in [0.15, 0.2) is 23.7 Å². The summed E-state index contributed by atoms with van der Waals surface area (Å²) >= 11 is 1.33. The van der Waals surface area contributed by atoms with Crippen molar-refractivity contribution in [2.24, 2.45) is 0 Å². The van der Waals surface area contributed by atoms with Crippen LogP contribution in [-0.2, 0) is 0 Å². The van der Waals surface area contributed by atoms with Crippen molar-refractivity contribution >= 4 is 23.0 Å². The molecule has 1 amide bonds. The van der Waals surface area contributed by atoms with E-state index in [2.05, 4.69) is 10.2 Å². The van der Waals surface area contributed by atoms with Gasteiger partial charge in [-0.2, -0.15) is 5.10 Å². The molecular weight excluding hydrogens is 274 g/mol. The molecule has 1 saturated heterocycles. The van der Waals surface area contributed by atoms with Crippen LogP contribution in [0.4, 0.5) is 0 Å². The lowest BCUT2D eigenvalue weighted by Crippen LogP contribution is -2.30. The molecule has 0 saturated carbocycles. The van der Waals surface area contributed by atoms with Gasteiger partial charge in [-0.3, -0.25) is 14.7 Å². The van der Waals surface area contributed by atoms with Gasteiger partial charge in [0.25, 0.3) is 5.91 Å². The minimum atomic E-state index is -0.00756. The maximum absolute atomic E-state index is 12.6. The van der Waals surface area contributed by atoms with Gasteiger partial charge in [-0.15, -0.1) is 11.3 Å². The van der Waals surface area contributed by atoms with E-state index in [0.717, 1.165) is 25.1 Å². The number of likely N-dealkylation sites (tertiary alicyclic amines) is 1. The highest BCUT2D eigenvalue weighted by atomic mass is 32.1. The van der Waals surface area contributed by atoms with Crippen LogP contribution >= 0.6 is 11.3 Å². The van der Waals surface area contributed by atoms with Gasteiger partial charge in [0, 0.05) is 23.7 Å². The highest BCUT2D eigenvalue weighted by Gasteiger charge is 2.32. The maximum Gasteiger partial charge on any atom is 0.264 e. The molecule has 1 fully saturated rings. The van der Waals surface area contributed by atoms with Crippen LogP contribution in [0.5, 0.6) is 0 Å². The Kier molecular flexibility index (Phi) is 3.40. The molecule has 0 bridgehead atoms. The lowest BCUT2D eigenvalue weighted by atomic mass is 10.1. The zero-order valence-electron chi connectivity index (χ0n) is 11.1. The Labute approximate surface area is 120 Å². The second-order valence-corrected chi connectivity index (χ2v) is 5.84. The van der Waals surface area contributed by atoms with Crippen molar-refractivity contribution in [1.29, 1.82) is 0 Å². The number of aromatic nitrogens is 2. The van der Waals surface area contributed by atoms with E-state index in [1.807, 2.05) is 11.0 Å². The van der Waals surface area contributed by atoms with Crippen LogP contribution in [0.1, 0.15) is 51.5 Å². The molecule has 2 aromatic heterocycles. The van der Waals surface area contributed by atoms with E-state index in [4.69, 9.17) is 0 Å². The molecule has 0 aromatic carbocycles. The third-order valence-corrected chi connectivity index (χ3v) is 4.53. The molecule has 5 nitrogen and oxygen atoms in total. The number of nitrogens with one attached hydrogen (secondary N) is 1. The maximum atomic E-state index is 12.6. The van der Waals surface area contributed by atoms with Gasteiger partial charge < -0.3 is 4.90 Å². The number of hydrogen-bond acceptors (Lipinski definition) is 4. The average Bonchev–Trinajstić information content (AvgIpc) is 3.17. The number of carbonyl (C=O) groups is 2. The Balaban J connectivity index is 1.83. The number of thiophene rings is 1. The molecule has 1 aliphatic rings. The number of ketones is 1. The van der Waals surface area contributed by atoms with Crippen LogP contribution in [0.2, 0.25) is 0 Å². The monoisotopic (exact) mass is 289 g/mol. The number of hydrogen-bond donors (Lipinski definition) is 1. The largest absolute Gasteiger partial charge is 0.329 e. The predicted octanol–water partition coefficient (Wildman–Crippen LogP) is 2.65. The lowest BCUT2D eigenvalue weighted by Gasteiger charge is -2.23. The molecule has 0 unspecified atom stereocenters. The first kappa shape index (κ1) is 13.1. The number of aromatic amines is 1. The summed E-state index contributed by atoms with van der Waals surface area (Å²) in [4.78, 5) is 26.4. The molecule has 20 heavy (non-hydrogen) atoms. The molecule has 0 aliphatic carbocycles. The topological polar surface area (TPSA) is 66.1 Å². The summed E-state index contributed by atoms with van der Waals surface area (Å²) in [5.74, 6) is -0.00793. The van der Waals surface area contributed by atoms with Gasteiger partial charge in [-0.25, -0.2) is 0 Å². The van der Waals surface area contributed by atoms with Crippen molar-refractivity contribution in [3.8, 4) is 0 Å². The van der Waals surface area contributed by atoms with Gasteiger partial charge >= 0.3 is 0 Å². The van der Waals surface area contributed by atoms with E-state index < -0.39 is 0 Å². The summed E-state index contributed by atoms with van der Waals surface area (Å²) in [5.41, 5.74) is 1.58. The Hall–Kier alpha value is -1.95. The van der Waals surface area contributed by atoms with E-state index in [1.54, 1.807) is 17.6 Å². The second-order valence-electron chi connectivity index (χ2n) is 4.92. The molecule has 3 heterocycles. The Morgan fingerprint density at radius 3 is 3.00 bits per heavy atom. The number of Topliss-reactive ketones (excluding diaryl/α,β-unsaturated/α-hetero) is 1. The minimum Gasteiger partial charge on any atom is -0.329 e. The first-order valence-electron chi connectivity index (χ1n) is 6.56. The molecule has 1 N–H and O–H groups in total. The lowest BCUT2D eigenvalue weighted by molar-refractivity contribution is 0.0738. The van der Waals surface area contributed by atoms with Crippen LogP contribution in [0.3, 0.4) is 0 Å². The van der Waals surface area contributed by atoms with Gasteiger partial charge in [-0.05, 0) is 31.9 Å². The van der Waals surface area contributed by atoms with Crippen molar-refractivity contribution in [2.75, 3.05) is 6.54 Å². The molecule has 1 aliphatic heterocycles. The Morgan fingerprint density at radius 2 is 2.35 bits per heavy atom. The predicted molar refractivity (Wildman–Crippen MR) is 75.9 cm³/mol. The summed E-state index contributed by atoms with van der Waals surface area (Å²) in [5, 5.41) is 8.65. The molecule has 104 valence electrons. The van der Waals surface area contributed by atoms with Gasteiger partial charge in [-0.1, -0.05) is 0 Å². The first-order chi connectivity index (χ1) is 9.66. The minimum absolute atomic E-state index is 0.000370. The molecule has 2 aromatic rings. The smallest absolute Gasteiger partial charge is 0.264 e. The Bertz CT molecular complexity index is 633. The molecule has 6 heteroatoms. The average molecular weight is 289 g/mol. The fourth-order valence-electron chi connectivity index (χ4n) is 2.56. The first-order valence-corrected chi connectivity index (χ1v) is 7.44. The van der Waals surface area contributed by atoms with E-state index >= 15 is 0 Å². The van der Waals surface area contributed by atoms with E-state index in [1.165, 1.54) is 18.3 Å². The highest BCUT2D eigenvalue weighted by molar-refractivity contribution is 7.12. The van der Waals surface area contributed by atoms with Gasteiger partial charge in [0.1, 0.15) is 0 Å². The number of carbonyl (C=O) groups excluding carboxylic acids is 2. The number of amides is 1. The van der Waals surface area contributed by atoms with Crippen LogP contribution < -0.4 is 0 Å². The zero-order valence-corrected chi connectivity index (χ0v) is 11.9. The summed E-state index contributed by atoms with van der Waals surface area (Å²) in [6.07, 6.45) is 3.63. The van der Waals surface area contributed by atoms with Gasteiger partial charge in [0.15, 0.2) is 5.78 Å². The van der Waals surface area contributed by atoms with E-state index in [-0.39, 0.29) is 17.7 Å². The second kappa shape index (κ2) is 5.20. The third kappa shape index (κ3) is 2.27.